The van der Waals surface area contributed by atoms with Crippen LogP contribution < -0.4 is 15.4 Å². The lowest BCUT2D eigenvalue weighted by molar-refractivity contribution is -0.154. The molecule has 0 aliphatic carbocycles. The molecular formula is C17H22F3IN4OS. The Labute approximate surface area is 177 Å². The van der Waals surface area contributed by atoms with E-state index in [1.807, 2.05) is 18.4 Å². The van der Waals surface area contributed by atoms with Crippen molar-refractivity contribution in [1.29, 1.82) is 0 Å². The number of pyridine rings is 1. The van der Waals surface area contributed by atoms with Crippen LogP contribution in [-0.2, 0) is 13.0 Å². The number of aromatic nitrogens is 1. The Balaban J connectivity index is 0.00000364. The van der Waals surface area contributed by atoms with Gasteiger partial charge in [0.15, 0.2) is 12.6 Å². The smallest absolute Gasteiger partial charge is 0.422 e. The third kappa shape index (κ3) is 9.80. The molecule has 2 aromatic heterocycles. The summed E-state index contributed by atoms with van der Waals surface area (Å²) in [6.07, 6.45) is -2.00. The Bertz CT molecular complexity index is 678. The Morgan fingerprint density at radius 1 is 1.26 bits per heavy atom. The highest BCUT2D eigenvalue weighted by molar-refractivity contribution is 14.0. The Hall–Kier alpha value is -1.56. The van der Waals surface area contributed by atoms with Crippen LogP contribution in [-0.4, -0.2) is 36.8 Å². The highest BCUT2D eigenvalue weighted by atomic mass is 127. The molecule has 0 aromatic carbocycles. The standard InChI is InChI=1S/C17H21F3N4OS.HI/c1-2-21-16(22-8-7-14-4-3-9-26-14)24-11-13-5-6-15(23-10-13)25-12-17(18,19)20;/h3-6,9-10H,2,7-8,11-12H2,1H3,(H2,21,22,24);1H. The number of hydrogen-bond acceptors (Lipinski definition) is 4. The van der Waals surface area contributed by atoms with Crippen molar-refractivity contribution in [3.63, 3.8) is 0 Å². The van der Waals surface area contributed by atoms with E-state index in [2.05, 4.69) is 31.4 Å². The van der Waals surface area contributed by atoms with Crippen LogP contribution in [0.25, 0.3) is 0 Å². The van der Waals surface area contributed by atoms with Crippen molar-refractivity contribution in [3.8, 4) is 5.88 Å². The minimum absolute atomic E-state index is 0. The molecule has 2 N–H and O–H groups in total. The van der Waals surface area contributed by atoms with Crippen LogP contribution in [0.3, 0.4) is 0 Å². The first-order valence-corrected chi connectivity index (χ1v) is 9.03. The van der Waals surface area contributed by atoms with E-state index in [0.29, 0.717) is 12.5 Å². The fourth-order valence-electron chi connectivity index (χ4n) is 2.02. The average molecular weight is 514 g/mol. The van der Waals surface area contributed by atoms with Crippen molar-refractivity contribution in [2.24, 2.45) is 4.99 Å². The van der Waals surface area contributed by atoms with E-state index < -0.39 is 12.8 Å². The van der Waals surface area contributed by atoms with Gasteiger partial charge in [-0.3, -0.25) is 0 Å². The van der Waals surface area contributed by atoms with Gasteiger partial charge >= 0.3 is 6.18 Å². The molecule has 0 aliphatic rings. The van der Waals surface area contributed by atoms with Crippen LogP contribution in [0, 0.1) is 0 Å². The molecular weight excluding hydrogens is 492 g/mol. The summed E-state index contributed by atoms with van der Waals surface area (Å²) in [5.74, 6) is 0.623. The number of aliphatic imine (C=N–C) groups is 1. The molecule has 5 nitrogen and oxygen atoms in total. The van der Waals surface area contributed by atoms with Crippen LogP contribution in [0.2, 0.25) is 0 Å². The van der Waals surface area contributed by atoms with Gasteiger partial charge in [-0.05, 0) is 30.4 Å². The maximum atomic E-state index is 12.1. The van der Waals surface area contributed by atoms with E-state index >= 15 is 0 Å². The number of nitrogens with one attached hydrogen (secondary N) is 2. The van der Waals surface area contributed by atoms with Crippen LogP contribution >= 0.6 is 35.3 Å². The molecule has 2 rings (SSSR count). The first-order chi connectivity index (χ1) is 12.5. The number of guanidine groups is 1. The van der Waals surface area contributed by atoms with Gasteiger partial charge < -0.3 is 15.4 Å². The third-order valence-electron chi connectivity index (χ3n) is 3.19. The fourth-order valence-corrected chi connectivity index (χ4v) is 2.73. The van der Waals surface area contributed by atoms with E-state index in [4.69, 9.17) is 0 Å². The monoisotopic (exact) mass is 514 g/mol. The molecule has 0 radical (unpaired) electrons. The predicted molar refractivity (Wildman–Crippen MR) is 112 cm³/mol. The maximum absolute atomic E-state index is 12.1. The van der Waals surface area contributed by atoms with Crippen molar-refractivity contribution in [2.75, 3.05) is 19.7 Å². The van der Waals surface area contributed by atoms with Crippen molar-refractivity contribution in [2.45, 2.75) is 26.1 Å². The summed E-state index contributed by atoms with van der Waals surface area (Å²) < 4.78 is 40.9. The van der Waals surface area contributed by atoms with E-state index in [-0.39, 0.29) is 29.9 Å². The van der Waals surface area contributed by atoms with E-state index in [1.165, 1.54) is 17.1 Å². The van der Waals surface area contributed by atoms with Crippen molar-refractivity contribution < 1.29 is 17.9 Å². The highest BCUT2D eigenvalue weighted by Crippen LogP contribution is 2.17. The number of thiophene rings is 1. The van der Waals surface area contributed by atoms with E-state index in [1.54, 1.807) is 17.4 Å². The zero-order chi connectivity index (χ0) is 18.8. The zero-order valence-electron chi connectivity index (χ0n) is 14.8. The number of rotatable bonds is 8. The van der Waals surface area contributed by atoms with Crippen LogP contribution in [0.1, 0.15) is 17.4 Å². The molecule has 150 valence electrons. The summed E-state index contributed by atoms with van der Waals surface area (Å²) in [4.78, 5) is 9.62. The summed E-state index contributed by atoms with van der Waals surface area (Å²) in [7, 11) is 0. The molecule has 0 saturated heterocycles. The van der Waals surface area contributed by atoms with Crippen molar-refractivity contribution >= 4 is 41.3 Å². The summed E-state index contributed by atoms with van der Waals surface area (Å²) >= 11 is 1.71. The number of alkyl halides is 3. The maximum Gasteiger partial charge on any atom is 0.422 e. The van der Waals surface area contributed by atoms with Gasteiger partial charge in [-0.15, -0.1) is 35.3 Å². The Morgan fingerprint density at radius 2 is 2.07 bits per heavy atom. The number of ether oxygens (including phenoxy) is 1. The lowest BCUT2D eigenvalue weighted by Crippen LogP contribution is -2.38. The second-order valence-electron chi connectivity index (χ2n) is 5.36. The van der Waals surface area contributed by atoms with Crippen LogP contribution in [0.4, 0.5) is 13.2 Å². The summed E-state index contributed by atoms with van der Waals surface area (Å²) in [6.45, 7) is 2.48. The lowest BCUT2D eigenvalue weighted by Gasteiger charge is -2.11. The Kier molecular flexibility index (Phi) is 10.4. The molecule has 0 amide bonds. The van der Waals surface area contributed by atoms with Gasteiger partial charge in [0.2, 0.25) is 5.88 Å². The molecule has 2 aromatic rings. The van der Waals surface area contributed by atoms with Gasteiger partial charge in [0.1, 0.15) is 0 Å². The number of halogens is 4. The van der Waals surface area contributed by atoms with Gasteiger partial charge in [-0.2, -0.15) is 13.2 Å². The van der Waals surface area contributed by atoms with Gasteiger partial charge in [-0.1, -0.05) is 12.1 Å². The van der Waals surface area contributed by atoms with E-state index in [9.17, 15) is 13.2 Å². The van der Waals surface area contributed by atoms with E-state index in [0.717, 1.165) is 25.1 Å². The Morgan fingerprint density at radius 3 is 2.67 bits per heavy atom. The predicted octanol–water partition coefficient (Wildman–Crippen LogP) is 4.00. The van der Waals surface area contributed by atoms with Crippen molar-refractivity contribution in [3.05, 3.63) is 46.3 Å². The SMILES string of the molecule is CCNC(=NCc1ccc(OCC(F)(F)F)nc1)NCCc1cccs1.I. The summed E-state index contributed by atoms with van der Waals surface area (Å²) in [5.41, 5.74) is 0.778. The summed E-state index contributed by atoms with van der Waals surface area (Å²) in [6, 6.07) is 7.17. The first kappa shape index (κ1) is 23.5. The molecule has 0 aliphatic heterocycles. The van der Waals surface area contributed by atoms with Gasteiger partial charge in [0, 0.05) is 30.2 Å². The minimum atomic E-state index is -4.37. The average Bonchev–Trinajstić information content (AvgIpc) is 3.11. The van der Waals surface area contributed by atoms with Gasteiger partial charge in [0.05, 0.1) is 6.54 Å². The largest absolute Gasteiger partial charge is 0.468 e. The zero-order valence-corrected chi connectivity index (χ0v) is 17.9. The molecule has 10 heteroatoms. The molecule has 27 heavy (non-hydrogen) atoms. The lowest BCUT2D eigenvalue weighted by atomic mass is 10.3. The first-order valence-electron chi connectivity index (χ1n) is 8.15. The van der Waals surface area contributed by atoms with Gasteiger partial charge in [0.25, 0.3) is 0 Å². The fraction of sp³-hybridized carbons (Fsp3) is 0.412. The highest BCUT2D eigenvalue weighted by Gasteiger charge is 2.28. The van der Waals surface area contributed by atoms with Crippen LogP contribution in [0.15, 0.2) is 40.8 Å². The molecule has 0 saturated carbocycles. The number of nitrogens with zero attached hydrogens (tertiary/aromatic N) is 2. The third-order valence-corrected chi connectivity index (χ3v) is 4.13. The second kappa shape index (κ2) is 12.0. The molecule has 0 bridgehead atoms. The summed E-state index contributed by atoms with van der Waals surface area (Å²) in [5, 5.41) is 8.45. The van der Waals surface area contributed by atoms with Crippen molar-refractivity contribution in [1.82, 2.24) is 15.6 Å². The molecule has 0 unspecified atom stereocenters. The number of hydrogen-bond donors (Lipinski definition) is 2. The topological polar surface area (TPSA) is 58.5 Å². The molecule has 0 spiro atoms. The molecule has 2 heterocycles. The normalized spacial score (nSPS) is 11.6. The quantitative estimate of drug-likeness (QED) is 0.318. The molecule has 0 fully saturated rings. The minimum Gasteiger partial charge on any atom is -0.468 e. The second-order valence-corrected chi connectivity index (χ2v) is 6.39. The van der Waals surface area contributed by atoms with Crippen LogP contribution in [0.5, 0.6) is 5.88 Å². The van der Waals surface area contributed by atoms with Gasteiger partial charge in [-0.25, -0.2) is 9.98 Å². The molecule has 0 atom stereocenters.